The van der Waals surface area contributed by atoms with Crippen LogP contribution < -0.4 is 4.74 Å². The summed E-state index contributed by atoms with van der Waals surface area (Å²) in [4.78, 5) is 12.6. The lowest BCUT2D eigenvalue weighted by molar-refractivity contribution is -0.896. The maximum Gasteiger partial charge on any atom is 0.364 e. The maximum atomic E-state index is 12.6. The summed E-state index contributed by atoms with van der Waals surface area (Å²) in [5, 5.41) is 0. The molecular weight excluding hydrogens is 434 g/mol. The molecule has 35 heavy (non-hydrogen) atoms. The van der Waals surface area contributed by atoms with Gasteiger partial charge < -0.3 is 14.0 Å². The molecule has 0 aromatic heterocycles. The fraction of sp³-hybridized carbons (Fsp3) is 0.581. The molecule has 0 radical (unpaired) electrons. The number of ether oxygens (including phenoxy) is 2. The molecule has 0 bridgehead atoms. The van der Waals surface area contributed by atoms with E-state index in [0.29, 0.717) is 11.0 Å². The minimum atomic E-state index is -0.618. The fourth-order valence-corrected chi connectivity index (χ4v) is 4.54. The molecule has 0 aliphatic heterocycles. The van der Waals surface area contributed by atoms with Crippen LogP contribution >= 0.6 is 0 Å². The number of benzene rings is 2. The Bertz CT molecular complexity index is 834. The molecule has 0 saturated carbocycles. The van der Waals surface area contributed by atoms with Crippen LogP contribution in [0.25, 0.3) is 0 Å². The van der Waals surface area contributed by atoms with E-state index in [1.165, 1.54) is 68.9 Å². The zero-order valence-corrected chi connectivity index (χ0v) is 22.6. The average molecular weight is 483 g/mol. The van der Waals surface area contributed by atoms with Crippen LogP contribution in [0.4, 0.5) is 0 Å². The number of carbonyl (C=O) groups is 1. The van der Waals surface area contributed by atoms with E-state index in [2.05, 4.69) is 31.2 Å². The van der Waals surface area contributed by atoms with Crippen molar-refractivity contribution in [1.29, 1.82) is 0 Å². The number of unbranched alkanes of at least 4 members (excludes halogenated alkanes) is 9. The molecule has 194 valence electrons. The van der Waals surface area contributed by atoms with Crippen molar-refractivity contribution in [2.75, 3.05) is 20.6 Å². The molecule has 4 nitrogen and oxygen atoms in total. The largest absolute Gasteiger partial charge is 0.455 e. The minimum Gasteiger partial charge on any atom is -0.455 e. The SMILES string of the molecule is CCCCCCCCCCCCc1ccccc1OC(C)OC(=O)C[N+](C)(C)Cc1ccccc1. The summed E-state index contributed by atoms with van der Waals surface area (Å²) < 4.78 is 12.2. The van der Waals surface area contributed by atoms with E-state index in [9.17, 15) is 4.79 Å². The van der Waals surface area contributed by atoms with E-state index >= 15 is 0 Å². The summed E-state index contributed by atoms with van der Waals surface area (Å²) in [5.41, 5.74) is 2.39. The molecule has 2 aromatic rings. The highest BCUT2D eigenvalue weighted by molar-refractivity contribution is 5.70. The third-order valence-electron chi connectivity index (χ3n) is 6.37. The van der Waals surface area contributed by atoms with E-state index in [0.717, 1.165) is 25.1 Å². The zero-order chi connectivity index (χ0) is 25.4. The van der Waals surface area contributed by atoms with Crippen LogP contribution in [-0.2, 0) is 22.5 Å². The fourth-order valence-electron chi connectivity index (χ4n) is 4.54. The molecule has 0 spiro atoms. The molecule has 0 aliphatic carbocycles. The molecule has 4 heteroatoms. The standard InChI is InChI=1S/C31H48NO3/c1-5-6-7-8-9-10-11-12-13-17-22-29-23-18-19-24-30(29)34-27(2)35-31(33)26-32(3,4)25-28-20-15-14-16-21-28/h14-16,18-21,23-24,27H,5-13,17,22,25-26H2,1-4H3/q+1. The van der Waals surface area contributed by atoms with E-state index in [1.807, 2.05) is 44.4 Å². The van der Waals surface area contributed by atoms with E-state index < -0.39 is 6.29 Å². The Hall–Kier alpha value is -2.33. The van der Waals surface area contributed by atoms with Crippen molar-refractivity contribution in [3.05, 3.63) is 65.7 Å². The number of hydrogen-bond acceptors (Lipinski definition) is 3. The van der Waals surface area contributed by atoms with Crippen LogP contribution in [-0.4, -0.2) is 37.4 Å². The lowest BCUT2D eigenvalue weighted by Gasteiger charge is -2.29. The smallest absolute Gasteiger partial charge is 0.364 e. The lowest BCUT2D eigenvalue weighted by Crippen LogP contribution is -2.44. The highest BCUT2D eigenvalue weighted by Gasteiger charge is 2.23. The van der Waals surface area contributed by atoms with Crippen molar-refractivity contribution in [1.82, 2.24) is 0 Å². The third kappa shape index (κ3) is 12.8. The molecule has 0 fully saturated rings. The van der Waals surface area contributed by atoms with Crippen molar-refractivity contribution in [3.8, 4) is 5.75 Å². The first-order chi connectivity index (χ1) is 16.9. The van der Waals surface area contributed by atoms with Crippen molar-refractivity contribution < 1.29 is 18.8 Å². The Kier molecular flexibility index (Phi) is 13.5. The predicted molar refractivity (Wildman–Crippen MR) is 145 cm³/mol. The summed E-state index contributed by atoms with van der Waals surface area (Å²) in [6.45, 7) is 5.13. The van der Waals surface area contributed by atoms with Crippen molar-refractivity contribution in [3.63, 3.8) is 0 Å². The van der Waals surface area contributed by atoms with Gasteiger partial charge in [0.2, 0.25) is 6.29 Å². The first-order valence-corrected chi connectivity index (χ1v) is 13.7. The molecule has 0 aliphatic rings. The van der Waals surface area contributed by atoms with E-state index in [4.69, 9.17) is 9.47 Å². The third-order valence-corrected chi connectivity index (χ3v) is 6.37. The quantitative estimate of drug-likeness (QED) is 0.0945. The minimum absolute atomic E-state index is 0.245. The molecule has 0 heterocycles. The van der Waals surface area contributed by atoms with Crippen LogP contribution in [0.15, 0.2) is 54.6 Å². The van der Waals surface area contributed by atoms with E-state index in [1.54, 1.807) is 6.92 Å². The van der Waals surface area contributed by atoms with Crippen LogP contribution in [0.1, 0.15) is 89.2 Å². The Morgan fingerprint density at radius 1 is 0.800 bits per heavy atom. The highest BCUT2D eigenvalue weighted by atomic mass is 16.7. The number of para-hydroxylation sites is 1. The van der Waals surface area contributed by atoms with Gasteiger partial charge in [0.25, 0.3) is 0 Å². The zero-order valence-electron chi connectivity index (χ0n) is 22.6. The lowest BCUT2D eigenvalue weighted by atomic mass is 10.0. The van der Waals surface area contributed by atoms with Crippen molar-refractivity contribution in [2.45, 2.75) is 97.3 Å². The molecule has 2 aromatic carbocycles. The number of rotatable bonds is 18. The second-order valence-electron chi connectivity index (χ2n) is 10.5. The van der Waals surface area contributed by atoms with Gasteiger partial charge in [0, 0.05) is 12.5 Å². The van der Waals surface area contributed by atoms with Crippen molar-refractivity contribution in [2.24, 2.45) is 0 Å². The van der Waals surface area contributed by atoms with Gasteiger partial charge in [0.15, 0.2) is 6.54 Å². The molecule has 0 saturated heterocycles. The average Bonchev–Trinajstić information content (AvgIpc) is 2.81. The number of esters is 1. The first-order valence-electron chi connectivity index (χ1n) is 13.7. The van der Waals surface area contributed by atoms with Gasteiger partial charge >= 0.3 is 5.97 Å². The monoisotopic (exact) mass is 482 g/mol. The molecular formula is C31H48NO3+. The number of nitrogens with zero attached hydrogens (tertiary/aromatic N) is 1. The number of hydrogen-bond donors (Lipinski definition) is 0. The summed E-state index contributed by atoms with van der Waals surface area (Å²) in [7, 11) is 4.09. The molecule has 1 unspecified atom stereocenters. The van der Waals surface area contributed by atoms with Crippen molar-refractivity contribution >= 4 is 5.97 Å². The number of aryl methyl sites for hydroxylation is 1. The van der Waals surface area contributed by atoms with Gasteiger partial charge in [-0.05, 0) is 24.5 Å². The van der Waals surface area contributed by atoms with Crippen LogP contribution in [0.5, 0.6) is 5.75 Å². The second kappa shape index (κ2) is 16.4. The maximum absolute atomic E-state index is 12.6. The number of carbonyl (C=O) groups excluding carboxylic acids is 1. The van der Waals surface area contributed by atoms with Gasteiger partial charge in [-0.2, -0.15) is 0 Å². The van der Waals surface area contributed by atoms with Crippen LogP contribution in [0.3, 0.4) is 0 Å². The van der Waals surface area contributed by atoms with Crippen LogP contribution in [0.2, 0.25) is 0 Å². The van der Waals surface area contributed by atoms with Gasteiger partial charge in [0.1, 0.15) is 12.3 Å². The Balaban J connectivity index is 1.70. The summed E-state index contributed by atoms with van der Waals surface area (Å²) >= 11 is 0. The van der Waals surface area contributed by atoms with Gasteiger partial charge in [-0.15, -0.1) is 0 Å². The normalized spacial score (nSPS) is 12.3. The Morgan fingerprint density at radius 2 is 1.37 bits per heavy atom. The topological polar surface area (TPSA) is 35.5 Å². The first kappa shape index (κ1) is 28.9. The van der Waals surface area contributed by atoms with Gasteiger partial charge in [-0.3, -0.25) is 0 Å². The summed E-state index contributed by atoms with van der Waals surface area (Å²) in [5.74, 6) is 0.576. The van der Waals surface area contributed by atoms with Gasteiger partial charge in [-0.1, -0.05) is 113 Å². The number of quaternary nitrogens is 1. The predicted octanol–water partition coefficient (Wildman–Crippen LogP) is 7.69. The summed E-state index contributed by atoms with van der Waals surface area (Å²) in [6.07, 6.45) is 13.7. The molecule has 0 N–H and O–H groups in total. The Labute approximate surface area is 214 Å². The van der Waals surface area contributed by atoms with Crippen LogP contribution in [0, 0.1) is 0 Å². The molecule has 0 amide bonds. The summed E-state index contributed by atoms with van der Waals surface area (Å²) in [6, 6.07) is 18.4. The van der Waals surface area contributed by atoms with E-state index in [-0.39, 0.29) is 5.97 Å². The number of likely N-dealkylation sites (N-methyl/N-ethyl adjacent to an activating group) is 1. The molecule has 2 rings (SSSR count). The second-order valence-corrected chi connectivity index (χ2v) is 10.5. The highest BCUT2D eigenvalue weighted by Crippen LogP contribution is 2.23. The molecule has 1 atom stereocenters. The van der Waals surface area contributed by atoms with Gasteiger partial charge in [-0.25, -0.2) is 4.79 Å². The van der Waals surface area contributed by atoms with Gasteiger partial charge in [0.05, 0.1) is 14.1 Å². The Morgan fingerprint density at radius 3 is 2.03 bits per heavy atom.